The summed E-state index contributed by atoms with van der Waals surface area (Å²) < 4.78 is 0. The number of carbonyl (C=O) groups is 2. The lowest BCUT2D eigenvalue weighted by molar-refractivity contribution is -0.137. The number of rotatable bonds is 6. The molecule has 2 amide bonds. The van der Waals surface area contributed by atoms with E-state index in [2.05, 4.69) is 10.6 Å². The molecule has 6 heteroatoms. The fourth-order valence-corrected chi connectivity index (χ4v) is 1.80. The van der Waals surface area contributed by atoms with E-state index in [0.717, 1.165) is 6.42 Å². The van der Waals surface area contributed by atoms with Crippen LogP contribution in [-0.4, -0.2) is 23.1 Å². The molecule has 1 aromatic carbocycles. The van der Waals surface area contributed by atoms with Crippen molar-refractivity contribution in [2.75, 3.05) is 5.32 Å². The summed E-state index contributed by atoms with van der Waals surface area (Å²) in [6.45, 7) is 1.94. The van der Waals surface area contributed by atoms with Crippen LogP contribution in [0.3, 0.4) is 0 Å². The van der Waals surface area contributed by atoms with E-state index >= 15 is 0 Å². The lowest BCUT2D eigenvalue weighted by atomic mass is 10.1. The summed E-state index contributed by atoms with van der Waals surface area (Å²) in [5.74, 6) is -0.926. The zero-order valence-corrected chi connectivity index (χ0v) is 11.4. The first-order chi connectivity index (χ1) is 9.01. The number of carboxylic acid groups (broad SMARTS) is 1. The molecule has 0 aliphatic heterocycles. The number of anilines is 1. The van der Waals surface area contributed by atoms with E-state index in [1.54, 1.807) is 24.3 Å². The Morgan fingerprint density at radius 2 is 1.95 bits per heavy atom. The minimum absolute atomic E-state index is 0.0815. The van der Waals surface area contributed by atoms with Crippen molar-refractivity contribution in [2.45, 2.75) is 32.2 Å². The molecule has 0 saturated heterocycles. The van der Waals surface area contributed by atoms with Gasteiger partial charge in [-0.3, -0.25) is 4.79 Å². The average molecular weight is 285 g/mol. The van der Waals surface area contributed by atoms with E-state index < -0.39 is 12.0 Å². The highest BCUT2D eigenvalue weighted by Crippen LogP contribution is 2.13. The Hall–Kier alpha value is -1.75. The molecular formula is C13H17ClN2O3. The lowest BCUT2D eigenvalue weighted by Crippen LogP contribution is -2.39. The van der Waals surface area contributed by atoms with Crippen molar-refractivity contribution >= 4 is 29.3 Å². The highest BCUT2D eigenvalue weighted by Gasteiger charge is 2.14. The molecule has 5 nitrogen and oxygen atoms in total. The van der Waals surface area contributed by atoms with Gasteiger partial charge in [0, 0.05) is 16.8 Å². The molecule has 1 unspecified atom stereocenters. The third-order valence-corrected chi connectivity index (χ3v) is 2.75. The van der Waals surface area contributed by atoms with Crippen molar-refractivity contribution in [3.8, 4) is 0 Å². The normalized spacial score (nSPS) is 11.7. The van der Waals surface area contributed by atoms with Gasteiger partial charge in [0.15, 0.2) is 0 Å². The second-order valence-corrected chi connectivity index (χ2v) is 4.63. The number of aliphatic carboxylic acids is 1. The zero-order chi connectivity index (χ0) is 14.3. The molecule has 3 N–H and O–H groups in total. The number of urea groups is 1. The molecule has 0 aliphatic carbocycles. The predicted molar refractivity (Wildman–Crippen MR) is 74.6 cm³/mol. The molecule has 1 atom stereocenters. The summed E-state index contributed by atoms with van der Waals surface area (Å²) in [7, 11) is 0. The van der Waals surface area contributed by atoms with Crippen molar-refractivity contribution < 1.29 is 14.7 Å². The van der Waals surface area contributed by atoms with Gasteiger partial charge in [-0.15, -0.1) is 0 Å². The Balaban J connectivity index is 2.52. The van der Waals surface area contributed by atoms with Gasteiger partial charge in [-0.05, 0) is 30.7 Å². The predicted octanol–water partition coefficient (Wildman–Crippen LogP) is 3.10. The van der Waals surface area contributed by atoms with Crippen LogP contribution in [0.5, 0.6) is 0 Å². The van der Waals surface area contributed by atoms with Gasteiger partial charge in [0.05, 0.1) is 6.42 Å². The Labute approximate surface area is 117 Å². The first kappa shape index (κ1) is 15.3. The van der Waals surface area contributed by atoms with Crippen LogP contribution in [-0.2, 0) is 4.79 Å². The molecule has 0 radical (unpaired) electrons. The second-order valence-electron chi connectivity index (χ2n) is 4.19. The summed E-state index contributed by atoms with van der Waals surface area (Å²) in [6.07, 6.45) is 1.35. The molecule has 1 aromatic rings. The molecule has 0 heterocycles. The Bertz CT molecular complexity index is 434. The van der Waals surface area contributed by atoms with Crippen LogP contribution >= 0.6 is 11.6 Å². The van der Waals surface area contributed by atoms with Crippen LogP contribution in [0.1, 0.15) is 26.2 Å². The van der Waals surface area contributed by atoms with Gasteiger partial charge in [-0.1, -0.05) is 24.9 Å². The fourth-order valence-electron chi connectivity index (χ4n) is 1.67. The van der Waals surface area contributed by atoms with Gasteiger partial charge in [0.1, 0.15) is 0 Å². The van der Waals surface area contributed by atoms with Gasteiger partial charge in [0.25, 0.3) is 0 Å². The summed E-state index contributed by atoms with van der Waals surface area (Å²) in [5, 5.41) is 14.6. The first-order valence-corrected chi connectivity index (χ1v) is 6.44. The average Bonchev–Trinajstić information content (AvgIpc) is 2.31. The van der Waals surface area contributed by atoms with E-state index in [9.17, 15) is 9.59 Å². The Kier molecular flexibility index (Phi) is 6.15. The number of halogens is 1. The topological polar surface area (TPSA) is 78.4 Å². The summed E-state index contributed by atoms with van der Waals surface area (Å²) in [6, 6.07) is 5.90. The van der Waals surface area contributed by atoms with Gasteiger partial charge in [-0.25, -0.2) is 4.79 Å². The van der Waals surface area contributed by atoms with Crippen LogP contribution in [0.25, 0.3) is 0 Å². The van der Waals surface area contributed by atoms with Gasteiger partial charge in [0.2, 0.25) is 0 Å². The maximum absolute atomic E-state index is 11.7. The number of amides is 2. The molecule has 1 rings (SSSR count). The number of nitrogens with one attached hydrogen (secondary N) is 2. The van der Waals surface area contributed by atoms with Crippen molar-refractivity contribution in [1.82, 2.24) is 5.32 Å². The van der Waals surface area contributed by atoms with E-state index in [0.29, 0.717) is 17.1 Å². The van der Waals surface area contributed by atoms with Crippen LogP contribution in [0, 0.1) is 0 Å². The van der Waals surface area contributed by atoms with Crippen LogP contribution < -0.4 is 10.6 Å². The molecule has 0 aliphatic rings. The Morgan fingerprint density at radius 1 is 1.32 bits per heavy atom. The largest absolute Gasteiger partial charge is 0.481 e. The molecule has 19 heavy (non-hydrogen) atoms. The fraction of sp³-hybridized carbons (Fsp3) is 0.385. The number of carbonyl (C=O) groups excluding carboxylic acids is 1. The third kappa shape index (κ3) is 6.10. The minimum Gasteiger partial charge on any atom is -0.481 e. The molecular weight excluding hydrogens is 268 g/mol. The third-order valence-electron chi connectivity index (χ3n) is 2.50. The molecule has 0 bridgehead atoms. The summed E-state index contributed by atoms with van der Waals surface area (Å²) >= 11 is 5.74. The SMILES string of the molecule is CCCC(CC(=O)O)NC(=O)Nc1ccc(Cl)cc1. The van der Waals surface area contributed by atoms with Crippen molar-refractivity contribution in [1.29, 1.82) is 0 Å². The monoisotopic (exact) mass is 284 g/mol. The maximum Gasteiger partial charge on any atom is 0.319 e. The van der Waals surface area contributed by atoms with Crippen LogP contribution in [0.15, 0.2) is 24.3 Å². The van der Waals surface area contributed by atoms with E-state index in [1.165, 1.54) is 0 Å². The quantitative estimate of drug-likeness (QED) is 0.751. The van der Waals surface area contributed by atoms with Crippen molar-refractivity contribution in [3.63, 3.8) is 0 Å². The van der Waals surface area contributed by atoms with Crippen LogP contribution in [0.4, 0.5) is 10.5 Å². The number of hydrogen-bond donors (Lipinski definition) is 3. The highest BCUT2D eigenvalue weighted by atomic mass is 35.5. The minimum atomic E-state index is -0.926. The molecule has 0 fully saturated rings. The van der Waals surface area contributed by atoms with Crippen molar-refractivity contribution in [2.24, 2.45) is 0 Å². The van der Waals surface area contributed by atoms with Gasteiger partial charge in [-0.2, -0.15) is 0 Å². The number of hydrogen-bond acceptors (Lipinski definition) is 2. The number of carboxylic acids is 1. The highest BCUT2D eigenvalue weighted by molar-refractivity contribution is 6.30. The smallest absolute Gasteiger partial charge is 0.319 e. The van der Waals surface area contributed by atoms with Crippen LogP contribution in [0.2, 0.25) is 5.02 Å². The van der Waals surface area contributed by atoms with E-state index in [-0.39, 0.29) is 12.5 Å². The summed E-state index contributed by atoms with van der Waals surface area (Å²) in [5.41, 5.74) is 0.604. The molecule has 104 valence electrons. The summed E-state index contributed by atoms with van der Waals surface area (Å²) in [4.78, 5) is 22.4. The molecule has 0 saturated carbocycles. The maximum atomic E-state index is 11.7. The van der Waals surface area contributed by atoms with Gasteiger partial charge < -0.3 is 15.7 Å². The zero-order valence-electron chi connectivity index (χ0n) is 10.6. The standard InChI is InChI=1S/C13H17ClN2O3/c1-2-3-11(8-12(17)18)16-13(19)15-10-6-4-9(14)5-7-10/h4-7,11H,2-3,8H2,1H3,(H,17,18)(H2,15,16,19). The van der Waals surface area contributed by atoms with E-state index in [1.807, 2.05) is 6.92 Å². The number of benzene rings is 1. The second kappa shape index (κ2) is 7.63. The lowest BCUT2D eigenvalue weighted by Gasteiger charge is -2.16. The van der Waals surface area contributed by atoms with Crippen molar-refractivity contribution in [3.05, 3.63) is 29.3 Å². The van der Waals surface area contributed by atoms with Gasteiger partial charge >= 0.3 is 12.0 Å². The molecule has 0 aromatic heterocycles. The molecule has 0 spiro atoms. The Morgan fingerprint density at radius 3 is 2.47 bits per heavy atom. The van der Waals surface area contributed by atoms with E-state index in [4.69, 9.17) is 16.7 Å². The first-order valence-electron chi connectivity index (χ1n) is 6.06.